The van der Waals surface area contributed by atoms with E-state index in [0.29, 0.717) is 0 Å². The Morgan fingerprint density at radius 3 is 2.46 bits per heavy atom. The highest BCUT2D eigenvalue weighted by atomic mass is 79.9. The van der Waals surface area contributed by atoms with E-state index < -0.39 is 22.6 Å². The average Bonchev–Trinajstić information content (AvgIpc) is 2.48. The van der Waals surface area contributed by atoms with Crippen molar-refractivity contribution in [3.8, 4) is 0 Å². The Labute approximate surface area is 146 Å². The Morgan fingerprint density at radius 1 is 1.21 bits per heavy atom. The van der Waals surface area contributed by atoms with Crippen LogP contribution >= 0.6 is 27.5 Å². The summed E-state index contributed by atoms with van der Waals surface area (Å²) in [4.78, 5) is 22.2. The molecule has 0 saturated carbocycles. The van der Waals surface area contributed by atoms with Crippen LogP contribution in [-0.2, 0) is 6.18 Å². The van der Waals surface area contributed by atoms with Crippen molar-refractivity contribution >= 4 is 44.8 Å². The van der Waals surface area contributed by atoms with E-state index in [9.17, 15) is 28.1 Å². The van der Waals surface area contributed by atoms with E-state index in [1.54, 1.807) is 0 Å². The SMILES string of the molecule is O=C(Nc1ccc(Br)c(C(F)(F)F)c1)c1cc([N+](=O)[O-])ccc1Cl. The molecule has 2 rings (SSSR count). The van der Waals surface area contributed by atoms with Crippen LogP contribution in [0.4, 0.5) is 24.5 Å². The molecule has 126 valence electrons. The van der Waals surface area contributed by atoms with Gasteiger partial charge in [0.2, 0.25) is 0 Å². The number of halogens is 5. The molecule has 0 aromatic heterocycles. The molecule has 0 saturated heterocycles. The fourth-order valence-electron chi connectivity index (χ4n) is 1.82. The van der Waals surface area contributed by atoms with Gasteiger partial charge in [-0.3, -0.25) is 14.9 Å². The molecule has 10 heteroatoms. The minimum absolute atomic E-state index is 0.0637. The van der Waals surface area contributed by atoms with E-state index >= 15 is 0 Å². The number of carbonyl (C=O) groups excluding carboxylic acids is 1. The van der Waals surface area contributed by atoms with Crippen LogP contribution in [-0.4, -0.2) is 10.8 Å². The average molecular weight is 424 g/mol. The van der Waals surface area contributed by atoms with Crippen molar-refractivity contribution in [2.24, 2.45) is 0 Å². The Bertz CT molecular complexity index is 827. The first-order chi connectivity index (χ1) is 11.1. The minimum atomic E-state index is -4.61. The molecule has 0 radical (unpaired) electrons. The lowest BCUT2D eigenvalue weighted by Gasteiger charge is -2.12. The molecule has 0 atom stereocenters. The maximum Gasteiger partial charge on any atom is 0.417 e. The monoisotopic (exact) mass is 422 g/mol. The van der Waals surface area contributed by atoms with Gasteiger partial charge in [-0.05, 0) is 24.3 Å². The molecular formula is C14H7BrClF3N2O3. The molecule has 24 heavy (non-hydrogen) atoms. The van der Waals surface area contributed by atoms with Crippen LogP contribution in [0.15, 0.2) is 40.9 Å². The molecule has 1 N–H and O–H groups in total. The third-order valence-corrected chi connectivity index (χ3v) is 3.96. The van der Waals surface area contributed by atoms with Gasteiger partial charge < -0.3 is 5.32 Å². The number of amides is 1. The quantitative estimate of drug-likeness (QED) is 0.539. The second kappa shape index (κ2) is 6.78. The van der Waals surface area contributed by atoms with E-state index in [2.05, 4.69) is 21.2 Å². The van der Waals surface area contributed by atoms with E-state index in [4.69, 9.17) is 11.6 Å². The number of non-ortho nitro benzene ring substituents is 1. The lowest BCUT2D eigenvalue weighted by molar-refractivity contribution is -0.384. The molecule has 5 nitrogen and oxygen atoms in total. The fourth-order valence-corrected chi connectivity index (χ4v) is 2.49. The smallest absolute Gasteiger partial charge is 0.322 e. The maximum absolute atomic E-state index is 12.9. The van der Waals surface area contributed by atoms with E-state index in [1.165, 1.54) is 6.07 Å². The van der Waals surface area contributed by atoms with Crippen molar-refractivity contribution in [2.45, 2.75) is 6.18 Å². The molecule has 0 aliphatic rings. The molecule has 0 aliphatic heterocycles. The topological polar surface area (TPSA) is 72.2 Å². The van der Waals surface area contributed by atoms with Gasteiger partial charge in [0.15, 0.2) is 0 Å². The normalized spacial score (nSPS) is 11.2. The van der Waals surface area contributed by atoms with Crippen molar-refractivity contribution in [3.63, 3.8) is 0 Å². The van der Waals surface area contributed by atoms with Crippen LogP contribution in [0.1, 0.15) is 15.9 Å². The molecule has 0 fully saturated rings. The summed E-state index contributed by atoms with van der Waals surface area (Å²) in [5.74, 6) is -0.862. The maximum atomic E-state index is 12.9. The van der Waals surface area contributed by atoms with Crippen LogP contribution in [0.3, 0.4) is 0 Å². The third kappa shape index (κ3) is 4.04. The molecule has 0 heterocycles. The molecule has 1 amide bonds. The molecule has 2 aromatic carbocycles. The summed E-state index contributed by atoms with van der Waals surface area (Å²) >= 11 is 8.61. The predicted molar refractivity (Wildman–Crippen MR) is 85.2 cm³/mol. The summed E-state index contributed by atoms with van der Waals surface area (Å²) in [5, 5.41) is 12.9. The second-order valence-corrected chi connectivity index (χ2v) is 5.83. The first kappa shape index (κ1) is 18.2. The standard InChI is InChI=1S/C14H7BrClF3N2O3/c15-11-3-1-7(5-10(11)14(17,18)19)20-13(22)9-6-8(21(23)24)2-4-12(9)16/h1-6H,(H,20,22). The summed E-state index contributed by atoms with van der Waals surface area (Å²) in [6, 6.07) is 6.35. The van der Waals surface area contributed by atoms with E-state index in [0.717, 1.165) is 30.3 Å². The first-order valence-electron chi connectivity index (χ1n) is 6.21. The molecule has 0 unspecified atom stereocenters. The van der Waals surface area contributed by atoms with Crippen LogP contribution in [0.5, 0.6) is 0 Å². The minimum Gasteiger partial charge on any atom is -0.322 e. The summed E-state index contributed by atoms with van der Waals surface area (Å²) in [7, 11) is 0. The van der Waals surface area contributed by atoms with Gasteiger partial charge in [-0.2, -0.15) is 13.2 Å². The lowest BCUT2D eigenvalue weighted by atomic mass is 10.1. The fraction of sp³-hybridized carbons (Fsp3) is 0.0714. The summed E-state index contributed by atoms with van der Waals surface area (Å²) in [6.07, 6.45) is -4.61. The van der Waals surface area contributed by atoms with Gasteiger partial charge in [0.05, 0.1) is 21.1 Å². The number of alkyl halides is 3. The van der Waals surface area contributed by atoms with Crippen LogP contribution in [0.25, 0.3) is 0 Å². The van der Waals surface area contributed by atoms with Gasteiger partial charge in [-0.15, -0.1) is 0 Å². The first-order valence-corrected chi connectivity index (χ1v) is 7.38. The Hall–Kier alpha value is -2.13. The van der Waals surface area contributed by atoms with Gasteiger partial charge in [-0.1, -0.05) is 27.5 Å². The zero-order valence-corrected chi connectivity index (χ0v) is 13.9. The highest BCUT2D eigenvalue weighted by molar-refractivity contribution is 9.10. The van der Waals surface area contributed by atoms with E-state index in [1.807, 2.05) is 0 Å². The molecule has 0 spiro atoms. The van der Waals surface area contributed by atoms with Crippen molar-refractivity contribution < 1.29 is 22.9 Å². The lowest BCUT2D eigenvalue weighted by Crippen LogP contribution is -2.14. The number of nitro benzene ring substituents is 1. The highest BCUT2D eigenvalue weighted by Crippen LogP contribution is 2.36. The highest BCUT2D eigenvalue weighted by Gasteiger charge is 2.33. The summed E-state index contributed by atoms with van der Waals surface area (Å²) in [5.41, 5.74) is -1.68. The van der Waals surface area contributed by atoms with Crippen LogP contribution in [0, 0.1) is 10.1 Å². The number of nitro groups is 1. The largest absolute Gasteiger partial charge is 0.417 e. The molecule has 0 aliphatic carbocycles. The number of benzene rings is 2. The van der Waals surface area contributed by atoms with Crippen molar-refractivity contribution in [1.29, 1.82) is 0 Å². The Balaban J connectivity index is 2.34. The Kier molecular flexibility index (Phi) is 5.14. The third-order valence-electron chi connectivity index (χ3n) is 2.94. The Morgan fingerprint density at radius 2 is 1.88 bits per heavy atom. The molecular weight excluding hydrogens is 417 g/mol. The van der Waals surface area contributed by atoms with Gasteiger partial charge in [0.25, 0.3) is 11.6 Å². The van der Waals surface area contributed by atoms with Crippen molar-refractivity contribution in [1.82, 2.24) is 0 Å². The molecule has 2 aromatic rings. The van der Waals surface area contributed by atoms with Gasteiger partial charge in [-0.25, -0.2) is 0 Å². The number of rotatable bonds is 3. The van der Waals surface area contributed by atoms with Gasteiger partial charge in [0, 0.05) is 22.3 Å². The zero-order valence-electron chi connectivity index (χ0n) is 11.5. The number of anilines is 1. The van der Waals surface area contributed by atoms with Crippen molar-refractivity contribution in [2.75, 3.05) is 5.32 Å². The summed E-state index contributed by atoms with van der Waals surface area (Å²) in [6.45, 7) is 0. The van der Waals surface area contributed by atoms with Crippen LogP contribution < -0.4 is 5.32 Å². The van der Waals surface area contributed by atoms with Gasteiger partial charge in [0.1, 0.15) is 0 Å². The van der Waals surface area contributed by atoms with Crippen LogP contribution in [0.2, 0.25) is 5.02 Å². The van der Waals surface area contributed by atoms with Crippen molar-refractivity contribution in [3.05, 3.63) is 67.1 Å². The molecule has 0 bridgehead atoms. The number of nitrogens with one attached hydrogen (secondary N) is 1. The summed E-state index contributed by atoms with van der Waals surface area (Å²) < 4.78 is 38.4. The van der Waals surface area contributed by atoms with E-state index in [-0.39, 0.29) is 26.4 Å². The number of nitrogens with zero attached hydrogens (tertiary/aromatic N) is 1. The van der Waals surface area contributed by atoms with Gasteiger partial charge >= 0.3 is 6.18 Å². The number of hydrogen-bond donors (Lipinski definition) is 1. The predicted octanol–water partition coefficient (Wildman–Crippen LogP) is 5.28. The number of hydrogen-bond acceptors (Lipinski definition) is 3. The number of carbonyl (C=O) groups is 1. The zero-order chi connectivity index (χ0) is 18.1. The second-order valence-electron chi connectivity index (χ2n) is 4.57.